The first-order valence-corrected chi connectivity index (χ1v) is 5.68. The molecule has 3 aromatic rings. The standard InChI is InChI=1S/C16H10O2/c17-9-11-1-3-13-7-16-6-12(10-18)2-4-14(16)8-15(13)5-11/h1-10H. The van der Waals surface area contributed by atoms with Crippen molar-refractivity contribution in [1.82, 2.24) is 0 Å². The van der Waals surface area contributed by atoms with Gasteiger partial charge < -0.3 is 0 Å². The molecule has 0 fully saturated rings. The summed E-state index contributed by atoms with van der Waals surface area (Å²) in [7, 11) is 0. The van der Waals surface area contributed by atoms with Gasteiger partial charge >= 0.3 is 0 Å². The lowest BCUT2D eigenvalue weighted by Crippen LogP contribution is -1.83. The van der Waals surface area contributed by atoms with Gasteiger partial charge in [0.1, 0.15) is 12.6 Å². The maximum atomic E-state index is 10.8. The van der Waals surface area contributed by atoms with Crippen molar-refractivity contribution < 1.29 is 9.59 Å². The predicted molar refractivity (Wildman–Crippen MR) is 72.2 cm³/mol. The van der Waals surface area contributed by atoms with Crippen LogP contribution in [0.3, 0.4) is 0 Å². The molecule has 0 saturated carbocycles. The van der Waals surface area contributed by atoms with Crippen molar-refractivity contribution in [2.75, 3.05) is 0 Å². The molecule has 0 amide bonds. The van der Waals surface area contributed by atoms with E-state index in [4.69, 9.17) is 0 Å². The van der Waals surface area contributed by atoms with Gasteiger partial charge in [-0.05, 0) is 45.8 Å². The molecule has 2 nitrogen and oxygen atoms in total. The summed E-state index contributed by atoms with van der Waals surface area (Å²) in [6, 6.07) is 15.2. The summed E-state index contributed by atoms with van der Waals surface area (Å²) in [5, 5.41) is 4.20. The second kappa shape index (κ2) is 4.08. The molecule has 0 N–H and O–H groups in total. The number of benzene rings is 3. The van der Waals surface area contributed by atoms with Gasteiger partial charge in [-0.25, -0.2) is 0 Å². The lowest BCUT2D eigenvalue weighted by molar-refractivity contribution is 0.111. The third-order valence-corrected chi connectivity index (χ3v) is 3.12. The van der Waals surface area contributed by atoms with Gasteiger partial charge in [-0.2, -0.15) is 0 Å². The zero-order valence-corrected chi connectivity index (χ0v) is 9.59. The second-order valence-electron chi connectivity index (χ2n) is 4.30. The quantitative estimate of drug-likeness (QED) is 0.501. The molecule has 0 bridgehead atoms. The van der Waals surface area contributed by atoms with Gasteiger partial charge in [0, 0.05) is 11.1 Å². The van der Waals surface area contributed by atoms with Gasteiger partial charge in [0.2, 0.25) is 0 Å². The molecule has 3 aromatic carbocycles. The number of carbonyl (C=O) groups is 2. The van der Waals surface area contributed by atoms with Crippen molar-refractivity contribution in [3.8, 4) is 0 Å². The second-order valence-corrected chi connectivity index (χ2v) is 4.30. The molecule has 2 heteroatoms. The van der Waals surface area contributed by atoms with Crippen LogP contribution >= 0.6 is 0 Å². The van der Waals surface area contributed by atoms with Crippen molar-refractivity contribution in [3.63, 3.8) is 0 Å². The zero-order valence-electron chi connectivity index (χ0n) is 9.59. The molecular weight excluding hydrogens is 224 g/mol. The fourth-order valence-corrected chi connectivity index (χ4v) is 2.18. The molecule has 86 valence electrons. The molecule has 3 rings (SSSR count). The Hall–Kier alpha value is -2.48. The third kappa shape index (κ3) is 1.68. The average Bonchev–Trinajstić information content (AvgIpc) is 2.43. The van der Waals surface area contributed by atoms with E-state index in [1.165, 1.54) is 0 Å². The first kappa shape index (κ1) is 10.7. The van der Waals surface area contributed by atoms with Crippen LogP contribution in [0, 0.1) is 0 Å². The smallest absolute Gasteiger partial charge is 0.150 e. The van der Waals surface area contributed by atoms with Crippen LogP contribution < -0.4 is 0 Å². The van der Waals surface area contributed by atoms with E-state index in [9.17, 15) is 9.59 Å². The minimum Gasteiger partial charge on any atom is -0.298 e. The molecule has 0 heterocycles. The SMILES string of the molecule is O=Cc1ccc2cc3cc(C=O)ccc3cc2c1. The normalized spacial score (nSPS) is 10.7. The molecule has 0 aromatic heterocycles. The highest BCUT2D eigenvalue weighted by atomic mass is 16.1. The fourth-order valence-electron chi connectivity index (χ4n) is 2.18. The molecule has 0 atom stereocenters. The van der Waals surface area contributed by atoms with E-state index in [0.29, 0.717) is 11.1 Å². The van der Waals surface area contributed by atoms with Gasteiger partial charge in [-0.3, -0.25) is 9.59 Å². The van der Waals surface area contributed by atoms with Gasteiger partial charge in [-0.15, -0.1) is 0 Å². The van der Waals surface area contributed by atoms with Crippen LogP contribution in [-0.4, -0.2) is 12.6 Å². The van der Waals surface area contributed by atoms with Crippen LogP contribution in [0.4, 0.5) is 0 Å². The Balaban J connectivity index is 2.35. The van der Waals surface area contributed by atoms with Crippen molar-refractivity contribution >= 4 is 34.1 Å². The Labute approximate surface area is 104 Å². The maximum absolute atomic E-state index is 10.8. The Kier molecular flexibility index (Phi) is 2.41. The highest BCUT2D eigenvalue weighted by molar-refractivity contribution is 6.01. The summed E-state index contributed by atoms with van der Waals surface area (Å²) in [5.74, 6) is 0. The van der Waals surface area contributed by atoms with Gasteiger partial charge in [0.15, 0.2) is 0 Å². The van der Waals surface area contributed by atoms with Crippen LogP contribution in [0.2, 0.25) is 0 Å². The minimum atomic E-state index is 0.673. The Bertz CT molecular complexity index is 705. The topological polar surface area (TPSA) is 34.1 Å². The van der Waals surface area contributed by atoms with Gasteiger partial charge in [0.25, 0.3) is 0 Å². The summed E-state index contributed by atoms with van der Waals surface area (Å²) in [6.45, 7) is 0. The Morgan fingerprint density at radius 3 is 1.39 bits per heavy atom. The molecule has 0 aliphatic rings. The number of aldehydes is 2. The molecule has 0 radical (unpaired) electrons. The van der Waals surface area contributed by atoms with E-state index in [1.54, 1.807) is 12.1 Å². The zero-order chi connectivity index (χ0) is 12.5. The van der Waals surface area contributed by atoms with E-state index < -0.39 is 0 Å². The summed E-state index contributed by atoms with van der Waals surface area (Å²) in [4.78, 5) is 21.5. The summed E-state index contributed by atoms with van der Waals surface area (Å²) in [5.41, 5.74) is 1.35. The average molecular weight is 234 g/mol. The highest BCUT2D eigenvalue weighted by Crippen LogP contribution is 2.24. The predicted octanol–water partition coefficient (Wildman–Crippen LogP) is 3.62. The lowest BCUT2D eigenvalue weighted by Gasteiger charge is -2.03. The van der Waals surface area contributed by atoms with E-state index in [1.807, 2.05) is 36.4 Å². The maximum Gasteiger partial charge on any atom is 0.150 e. The Morgan fingerprint density at radius 2 is 1.00 bits per heavy atom. The molecule has 18 heavy (non-hydrogen) atoms. The molecular formula is C16H10O2. The van der Waals surface area contributed by atoms with E-state index >= 15 is 0 Å². The summed E-state index contributed by atoms with van der Waals surface area (Å²) < 4.78 is 0. The van der Waals surface area contributed by atoms with Gasteiger partial charge in [0.05, 0.1) is 0 Å². The summed E-state index contributed by atoms with van der Waals surface area (Å²) >= 11 is 0. The highest BCUT2D eigenvalue weighted by Gasteiger charge is 2.00. The van der Waals surface area contributed by atoms with Crippen LogP contribution in [0.25, 0.3) is 21.5 Å². The number of hydrogen-bond donors (Lipinski definition) is 0. The van der Waals surface area contributed by atoms with Crippen molar-refractivity contribution in [1.29, 1.82) is 0 Å². The number of rotatable bonds is 2. The van der Waals surface area contributed by atoms with E-state index in [-0.39, 0.29) is 0 Å². The van der Waals surface area contributed by atoms with E-state index in [0.717, 1.165) is 34.1 Å². The van der Waals surface area contributed by atoms with Crippen LogP contribution in [-0.2, 0) is 0 Å². The minimum absolute atomic E-state index is 0.673. The van der Waals surface area contributed by atoms with Crippen molar-refractivity contribution in [2.24, 2.45) is 0 Å². The summed E-state index contributed by atoms with van der Waals surface area (Å²) in [6.07, 6.45) is 1.69. The number of fused-ring (bicyclic) bond motifs is 2. The molecule has 0 unspecified atom stereocenters. The van der Waals surface area contributed by atoms with Crippen molar-refractivity contribution in [2.45, 2.75) is 0 Å². The van der Waals surface area contributed by atoms with Crippen LogP contribution in [0.5, 0.6) is 0 Å². The first-order chi connectivity index (χ1) is 8.80. The molecule has 0 saturated heterocycles. The molecule has 0 spiro atoms. The van der Waals surface area contributed by atoms with Gasteiger partial charge in [-0.1, -0.05) is 24.3 Å². The molecule has 0 aliphatic heterocycles. The lowest BCUT2D eigenvalue weighted by atomic mass is 10.0. The monoisotopic (exact) mass is 234 g/mol. The molecule has 0 aliphatic carbocycles. The van der Waals surface area contributed by atoms with Crippen LogP contribution in [0.1, 0.15) is 20.7 Å². The number of carbonyl (C=O) groups excluding carboxylic acids is 2. The first-order valence-electron chi connectivity index (χ1n) is 5.68. The van der Waals surface area contributed by atoms with E-state index in [2.05, 4.69) is 0 Å². The largest absolute Gasteiger partial charge is 0.298 e. The third-order valence-electron chi connectivity index (χ3n) is 3.12. The Morgan fingerprint density at radius 1 is 0.556 bits per heavy atom. The number of hydrogen-bond acceptors (Lipinski definition) is 2. The fraction of sp³-hybridized carbons (Fsp3) is 0. The van der Waals surface area contributed by atoms with Crippen molar-refractivity contribution in [3.05, 3.63) is 59.7 Å². The van der Waals surface area contributed by atoms with Crippen LogP contribution in [0.15, 0.2) is 48.5 Å².